The van der Waals surface area contributed by atoms with Gasteiger partial charge < -0.3 is 9.64 Å². The Labute approximate surface area is 123 Å². The molecule has 0 aromatic heterocycles. The zero-order valence-corrected chi connectivity index (χ0v) is 12.5. The molecule has 2 rings (SSSR count). The van der Waals surface area contributed by atoms with Crippen molar-refractivity contribution in [2.45, 2.75) is 38.8 Å². The van der Waals surface area contributed by atoms with Gasteiger partial charge in [0, 0.05) is 18.5 Å². The van der Waals surface area contributed by atoms with Gasteiger partial charge in [-0.2, -0.15) is 0 Å². The molecule has 0 spiro atoms. The van der Waals surface area contributed by atoms with Crippen molar-refractivity contribution in [3.8, 4) is 0 Å². The van der Waals surface area contributed by atoms with Crippen LogP contribution in [0.3, 0.4) is 0 Å². The summed E-state index contributed by atoms with van der Waals surface area (Å²) in [5, 5.41) is 0. The Morgan fingerprint density at radius 3 is 2.38 bits per heavy atom. The molecule has 0 aliphatic carbocycles. The van der Waals surface area contributed by atoms with Crippen molar-refractivity contribution in [2.75, 3.05) is 6.54 Å². The minimum absolute atomic E-state index is 0.183. The second-order valence-electron chi connectivity index (χ2n) is 6.02. The molecule has 1 unspecified atom stereocenters. The van der Waals surface area contributed by atoms with Crippen LogP contribution in [-0.2, 0) is 14.3 Å². The number of hydrogen-bond donors (Lipinski definition) is 0. The van der Waals surface area contributed by atoms with Crippen molar-refractivity contribution >= 4 is 17.7 Å². The zero-order valence-electron chi connectivity index (χ0n) is 12.5. The third-order valence-corrected chi connectivity index (χ3v) is 3.13. The first-order valence-electron chi connectivity index (χ1n) is 6.91. The summed E-state index contributed by atoms with van der Waals surface area (Å²) in [6.07, 6.45) is 0.183. The van der Waals surface area contributed by atoms with Crippen molar-refractivity contribution in [1.29, 1.82) is 0 Å². The number of rotatable bonds is 2. The van der Waals surface area contributed by atoms with Crippen molar-refractivity contribution < 1.29 is 19.1 Å². The number of likely N-dealkylation sites (tertiary alicyclic amines) is 1. The largest absolute Gasteiger partial charge is 0.458 e. The number of carbonyl (C=O) groups excluding carboxylic acids is 3. The van der Waals surface area contributed by atoms with Gasteiger partial charge in [0.15, 0.2) is 11.8 Å². The Morgan fingerprint density at radius 2 is 1.81 bits per heavy atom. The Bertz CT molecular complexity index is 559. The van der Waals surface area contributed by atoms with Crippen LogP contribution in [0.15, 0.2) is 30.3 Å². The second-order valence-corrected chi connectivity index (χ2v) is 6.02. The molecule has 112 valence electrons. The molecular weight excluding hydrogens is 270 g/mol. The second kappa shape index (κ2) is 5.68. The molecule has 0 radical (unpaired) electrons. The molecule has 0 N–H and O–H groups in total. The highest BCUT2D eigenvalue weighted by Gasteiger charge is 2.43. The van der Waals surface area contributed by atoms with E-state index in [1.807, 2.05) is 0 Å². The van der Waals surface area contributed by atoms with Crippen LogP contribution in [0, 0.1) is 0 Å². The van der Waals surface area contributed by atoms with E-state index in [1.54, 1.807) is 51.1 Å². The number of Topliss-reactive ketones (excluding diaryl/α,β-unsaturated/α-hetero) is 1. The summed E-state index contributed by atoms with van der Waals surface area (Å²) in [7, 11) is 0. The lowest BCUT2D eigenvalue weighted by molar-refractivity contribution is -0.160. The number of ketones is 1. The van der Waals surface area contributed by atoms with Crippen molar-refractivity contribution in [3.63, 3.8) is 0 Å². The van der Waals surface area contributed by atoms with Crippen molar-refractivity contribution in [1.82, 2.24) is 4.90 Å². The molecule has 1 aromatic carbocycles. The Kier molecular flexibility index (Phi) is 4.11. The number of benzene rings is 1. The van der Waals surface area contributed by atoms with Crippen LogP contribution in [-0.4, -0.2) is 40.7 Å². The van der Waals surface area contributed by atoms with Crippen LogP contribution in [0.2, 0.25) is 0 Å². The maximum atomic E-state index is 12.4. The van der Waals surface area contributed by atoms with E-state index in [0.29, 0.717) is 5.56 Å². The maximum Gasteiger partial charge on any atom is 0.337 e. The first kappa shape index (κ1) is 15.2. The summed E-state index contributed by atoms with van der Waals surface area (Å²) < 4.78 is 5.25. The highest BCUT2D eigenvalue weighted by atomic mass is 16.6. The molecule has 1 aromatic rings. The minimum atomic E-state index is -1.13. The number of ether oxygens (including phenoxy) is 1. The summed E-state index contributed by atoms with van der Waals surface area (Å²) >= 11 is 0. The van der Waals surface area contributed by atoms with Crippen LogP contribution in [0.1, 0.15) is 37.6 Å². The standard InChI is InChI=1S/C16H19NO4/c1-16(2,3)21-15(20)13-12(18)9-10-17(13)14(19)11-7-5-4-6-8-11/h4-8,13H,9-10H2,1-3H3. The van der Waals surface area contributed by atoms with Gasteiger partial charge in [-0.25, -0.2) is 4.79 Å². The number of amides is 1. The first-order chi connectivity index (χ1) is 9.79. The van der Waals surface area contributed by atoms with Gasteiger partial charge in [-0.15, -0.1) is 0 Å². The summed E-state index contributed by atoms with van der Waals surface area (Å²) in [6.45, 7) is 5.44. The summed E-state index contributed by atoms with van der Waals surface area (Å²) in [6, 6.07) is 7.49. The molecule has 1 aliphatic rings. The molecule has 1 saturated heterocycles. The van der Waals surface area contributed by atoms with Gasteiger partial charge in [0.2, 0.25) is 0 Å². The minimum Gasteiger partial charge on any atom is -0.458 e. The van der Waals surface area contributed by atoms with E-state index in [9.17, 15) is 14.4 Å². The smallest absolute Gasteiger partial charge is 0.337 e. The van der Waals surface area contributed by atoms with Crippen LogP contribution in [0.4, 0.5) is 0 Å². The quantitative estimate of drug-likeness (QED) is 0.615. The van der Waals surface area contributed by atoms with Crippen LogP contribution in [0.5, 0.6) is 0 Å². The average Bonchev–Trinajstić information content (AvgIpc) is 2.79. The fraction of sp³-hybridized carbons (Fsp3) is 0.438. The summed E-state index contributed by atoms with van der Waals surface area (Å²) in [4.78, 5) is 37.9. The van der Waals surface area contributed by atoms with E-state index in [2.05, 4.69) is 0 Å². The molecule has 0 saturated carbocycles. The number of carbonyl (C=O) groups is 3. The Hall–Kier alpha value is -2.17. The van der Waals surface area contributed by atoms with E-state index < -0.39 is 17.6 Å². The molecular formula is C16H19NO4. The molecule has 1 heterocycles. The van der Waals surface area contributed by atoms with E-state index in [0.717, 1.165) is 0 Å². The molecule has 1 amide bonds. The van der Waals surface area contributed by atoms with Crippen molar-refractivity contribution in [3.05, 3.63) is 35.9 Å². The predicted octanol–water partition coefficient (Wildman–Crippen LogP) is 1.81. The van der Waals surface area contributed by atoms with Crippen molar-refractivity contribution in [2.24, 2.45) is 0 Å². The lowest BCUT2D eigenvalue weighted by Crippen LogP contribution is -2.46. The number of esters is 1. The van der Waals surface area contributed by atoms with E-state index in [1.165, 1.54) is 4.90 Å². The Morgan fingerprint density at radius 1 is 1.19 bits per heavy atom. The lowest BCUT2D eigenvalue weighted by atomic mass is 10.1. The van der Waals surface area contributed by atoms with Crippen LogP contribution < -0.4 is 0 Å². The maximum absolute atomic E-state index is 12.4. The molecule has 5 nitrogen and oxygen atoms in total. The molecule has 1 aliphatic heterocycles. The zero-order chi connectivity index (χ0) is 15.6. The average molecular weight is 289 g/mol. The van der Waals surface area contributed by atoms with Crippen LogP contribution in [0.25, 0.3) is 0 Å². The van der Waals surface area contributed by atoms with Gasteiger partial charge in [-0.3, -0.25) is 9.59 Å². The molecule has 5 heteroatoms. The molecule has 1 fully saturated rings. The molecule has 1 atom stereocenters. The van der Waals surface area contributed by atoms with E-state index in [4.69, 9.17) is 4.74 Å². The first-order valence-corrected chi connectivity index (χ1v) is 6.91. The third kappa shape index (κ3) is 3.48. The fourth-order valence-electron chi connectivity index (χ4n) is 2.25. The number of hydrogen-bond acceptors (Lipinski definition) is 4. The topological polar surface area (TPSA) is 63.7 Å². The van der Waals surface area contributed by atoms with Gasteiger partial charge >= 0.3 is 5.97 Å². The fourth-order valence-corrected chi connectivity index (χ4v) is 2.25. The van der Waals surface area contributed by atoms with Gasteiger partial charge in [-0.1, -0.05) is 18.2 Å². The van der Waals surface area contributed by atoms with E-state index >= 15 is 0 Å². The van der Waals surface area contributed by atoms with Gasteiger partial charge in [-0.05, 0) is 32.9 Å². The Balaban J connectivity index is 2.21. The highest BCUT2D eigenvalue weighted by molar-refractivity contribution is 6.10. The lowest BCUT2D eigenvalue weighted by Gasteiger charge is -2.26. The predicted molar refractivity (Wildman–Crippen MR) is 76.7 cm³/mol. The van der Waals surface area contributed by atoms with Gasteiger partial charge in [0.1, 0.15) is 5.60 Å². The van der Waals surface area contributed by atoms with Gasteiger partial charge in [0.25, 0.3) is 5.91 Å². The molecule has 0 bridgehead atoms. The number of nitrogens with zero attached hydrogens (tertiary/aromatic N) is 1. The summed E-state index contributed by atoms with van der Waals surface area (Å²) in [5.74, 6) is -1.25. The third-order valence-electron chi connectivity index (χ3n) is 3.13. The molecule has 21 heavy (non-hydrogen) atoms. The van der Waals surface area contributed by atoms with Crippen LogP contribution >= 0.6 is 0 Å². The van der Waals surface area contributed by atoms with E-state index in [-0.39, 0.29) is 24.7 Å². The van der Waals surface area contributed by atoms with Gasteiger partial charge in [0.05, 0.1) is 0 Å². The SMILES string of the molecule is CC(C)(C)OC(=O)C1C(=O)CCN1C(=O)c1ccccc1. The summed E-state index contributed by atoms with van der Waals surface area (Å²) in [5.41, 5.74) is -0.234. The highest BCUT2D eigenvalue weighted by Crippen LogP contribution is 2.21. The monoisotopic (exact) mass is 289 g/mol. The normalized spacial score (nSPS) is 18.7.